The van der Waals surface area contributed by atoms with Crippen LogP contribution in [-0.4, -0.2) is 31.1 Å². The number of anilines is 1. The van der Waals surface area contributed by atoms with E-state index in [4.69, 9.17) is 0 Å². The summed E-state index contributed by atoms with van der Waals surface area (Å²) in [5.41, 5.74) is 0. The molecule has 0 saturated carbocycles. The van der Waals surface area contributed by atoms with Crippen LogP contribution in [0.25, 0.3) is 0 Å². The fourth-order valence-electron chi connectivity index (χ4n) is 1.17. The first kappa shape index (κ1) is 9.38. The van der Waals surface area contributed by atoms with Crippen molar-refractivity contribution in [3.8, 4) is 0 Å². The van der Waals surface area contributed by atoms with Crippen LogP contribution in [0.3, 0.4) is 0 Å². The van der Waals surface area contributed by atoms with Gasteiger partial charge in [0.25, 0.3) is 5.95 Å². The van der Waals surface area contributed by atoms with E-state index >= 15 is 0 Å². The van der Waals surface area contributed by atoms with Gasteiger partial charge in [0.2, 0.25) is 5.91 Å². The number of hydrogen-bond donors (Lipinski definition) is 2. The predicted octanol–water partition coefficient (Wildman–Crippen LogP) is 0.201. The minimum Gasteiger partial charge on any atom is -0.342 e. The van der Waals surface area contributed by atoms with Gasteiger partial charge in [0, 0.05) is 12.4 Å². The second-order valence-electron chi connectivity index (χ2n) is 3.03. The summed E-state index contributed by atoms with van der Waals surface area (Å²) in [7, 11) is 0. The molecule has 0 unspecified atom stereocenters. The Labute approximate surface area is 85.5 Å². The number of carbonyl (C=O) groups is 1. The fraction of sp³-hybridized carbons (Fsp3) is 0.250. The second kappa shape index (κ2) is 3.91. The van der Waals surface area contributed by atoms with E-state index < -0.39 is 0 Å². The van der Waals surface area contributed by atoms with Gasteiger partial charge in [-0.25, -0.2) is 0 Å². The molecule has 78 valence electrons. The Balaban J connectivity index is 2.03. The van der Waals surface area contributed by atoms with E-state index in [2.05, 4.69) is 25.9 Å². The van der Waals surface area contributed by atoms with Crippen LogP contribution >= 0.6 is 0 Å². The fourth-order valence-corrected chi connectivity index (χ4v) is 1.17. The average molecular weight is 206 g/mol. The van der Waals surface area contributed by atoms with Gasteiger partial charge in [-0.2, -0.15) is 5.21 Å². The quantitative estimate of drug-likeness (QED) is 0.750. The molecule has 2 rings (SSSR count). The zero-order valence-electron chi connectivity index (χ0n) is 8.08. The third-order valence-corrected chi connectivity index (χ3v) is 2.03. The molecule has 1 amide bonds. The van der Waals surface area contributed by atoms with Crippen molar-refractivity contribution in [2.24, 2.45) is 0 Å². The Morgan fingerprint density at radius 3 is 2.87 bits per heavy atom. The molecule has 0 aliphatic heterocycles. The van der Waals surface area contributed by atoms with Crippen molar-refractivity contribution in [1.29, 1.82) is 0 Å². The Hall–Kier alpha value is -2.18. The maximum absolute atomic E-state index is 11.7. The van der Waals surface area contributed by atoms with Crippen molar-refractivity contribution in [3.63, 3.8) is 0 Å². The number of hydrogen-bond acceptors (Lipinski definition) is 4. The largest absolute Gasteiger partial charge is 0.342 e. The lowest BCUT2D eigenvalue weighted by Gasteiger charge is -2.11. The predicted molar refractivity (Wildman–Crippen MR) is 52.0 cm³/mol. The van der Waals surface area contributed by atoms with Gasteiger partial charge in [0.1, 0.15) is 6.04 Å². The van der Waals surface area contributed by atoms with E-state index in [1.54, 1.807) is 11.5 Å². The number of aromatic amines is 1. The molecule has 2 heterocycles. The Bertz CT molecular complexity index is 420. The van der Waals surface area contributed by atoms with Gasteiger partial charge in [-0.15, -0.1) is 5.10 Å². The van der Waals surface area contributed by atoms with Crippen LogP contribution in [0, 0.1) is 0 Å². The average Bonchev–Trinajstić information content (AvgIpc) is 2.88. The Kier molecular flexibility index (Phi) is 2.44. The molecule has 7 heteroatoms. The minimum atomic E-state index is -0.307. The van der Waals surface area contributed by atoms with Gasteiger partial charge in [0.15, 0.2) is 0 Å². The van der Waals surface area contributed by atoms with Gasteiger partial charge >= 0.3 is 0 Å². The second-order valence-corrected chi connectivity index (χ2v) is 3.03. The van der Waals surface area contributed by atoms with Crippen molar-refractivity contribution in [2.75, 3.05) is 5.32 Å². The monoisotopic (exact) mass is 206 g/mol. The molecule has 0 spiro atoms. The molecular formula is C8H10N6O. The highest BCUT2D eigenvalue weighted by atomic mass is 16.2. The number of aromatic nitrogens is 5. The summed E-state index contributed by atoms with van der Waals surface area (Å²) in [6.07, 6.45) is 3.64. The first-order valence-corrected chi connectivity index (χ1v) is 4.44. The first-order valence-electron chi connectivity index (χ1n) is 4.44. The standard InChI is InChI=1S/C8H10N6O/c1-6(14-4-2-3-5-14)7(15)9-8-10-12-13-11-8/h2-6H,1H3,(H2,9,10,11,12,13,15)/t6-/m1/s1. The van der Waals surface area contributed by atoms with E-state index in [0.717, 1.165) is 0 Å². The van der Waals surface area contributed by atoms with Gasteiger partial charge < -0.3 is 4.57 Å². The van der Waals surface area contributed by atoms with E-state index in [1.807, 2.05) is 24.5 Å². The number of H-pyrrole nitrogens is 1. The number of nitrogens with zero attached hydrogens (tertiary/aromatic N) is 4. The summed E-state index contributed by atoms with van der Waals surface area (Å²) in [4.78, 5) is 11.7. The van der Waals surface area contributed by atoms with Crippen molar-refractivity contribution in [3.05, 3.63) is 24.5 Å². The van der Waals surface area contributed by atoms with Crippen molar-refractivity contribution in [2.45, 2.75) is 13.0 Å². The molecule has 2 aromatic heterocycles. The topological polar surface area (TPSA) is 88.5 Å². The molecule has 0 radical (unpaired) electrons. The SMILES string of the molecule is C[C@H](C(=O)Nc1nn[nH]n1)n1cccc1. The lowest BCUT2D eigenvalue weighted by atomic mass is 10.3. The molecule has 0 fully saturated rings. The summed E-state index contributed by atoms with van der Waals surface area (Å²) in [5.74, 6) is -0.00777. The van der Waals surface area contributed by atoms with Gasteiger partial charge in [-0.05, 0) is 24.3 Å². The molecular weight excluding hydrogens is 196 g/mol. The number of rotatable bonds is 3. The van der Waals surface area contributed by atoms with Crippen LogP contribution in [0.15, 0.2) is 24.5 Å². The summed E-state index contributed by atoms with van der Waals surface area (Å²) in [5, 5.41) is 15.4. The van der Waals surface area contributed by atoms with Gasteiger partial charge in [0.05, 0.1) is 0 Å². The smallest absolute Gasteiger partial charge is 0.269 e. The van der Waals surface area contributed by atoms with Crippen LogP contribution in [-0.2, 0) is 4.79 Å². The molecule has 0 bridgehead atoms. The van der Waals surface area contributed by atoms with Crippen LogP contribution in [0.5, 0.6) is 0 Å². The normalized spacial score (nSPS) is 12.3. The van der Waals surface area contributed by atoms with Crippen LogP contribution in [0.2, 0.25) is 0 Å². The van der Waals surface area contributed by atoms with Gasteiger partial charge in [-0.1, -0.05) is 5.10 Å². The molecule has 2 N–H and O–H groups in total. The number of carbonyl (C=O) groups excluding carboxylic acids is 1. The van der Waals surface area contributed by atoms with Crippen molar-refractivity contribution in [1.82, 2.24) is 25.2 Å². The maximum Gasteiger partial charge on any atom is 0.269 e. The third-order valence-electron chi connectivity index (χ3n) is 2.03. The van der Waals surface area contributed by atoms with E-state index in [-0.39, 0.29) is 17.9 Å². The Morgan fingerprint density at radius 1 is 1.53 bits per heavy atom. The summed E-state index contributed by atoms with van der Waals surface area (Å²) in [6.45, 7) is 1.79. The molecule has 0 saturated heterocycles. The van der Waals surface area contributed by atoms with Crippen molar-refractivity contribution >= 4 is 11.9 Å². The molecule has 0 aromatic carbocycles. The minimum absolute atomic E-state index is 0.180. The van der Waals surface area contributed by atoms with Crippen LogP contribution < -0.4 is 5.32 Å². The lowest BCUT2D eigenvalue weighted by Crippen LogP contribution is -2.23. The molecule has 7 nitrogen and oxygen atoms in total. The molecule has 0 aliphatic carbocycles. The molecule has 0 aliphatic rings. The van der Waals surface area contributed by atoms with Gasteiger partial charge in [-0.3, -0.25) is 10.1 Å². The van der Waals surface area contributed by atoms with E-state index in [9.17, 15) is 4.79 Å². The molecule has 1 atom stereocenters. The first-order chi connectivity index (χ1) is 7.27. The lowest BCUT2D eigenvalue weighted by molar-refractivity contribution is -0.118. The highest BCUT2D eigenvalue weighted by Gasteiger charge is 2.15. The van der Waals surface area contributed by atoms with Crippen molar-refractivity contribution < 1.29 is 4.79 Å². The molecule has 15 heavy (non-hydrogen) atoms. The highest BCUT2D eigenvalue weighted by molar-refractivity contribution is 5.91. The Morgan fingerprint density at radius 2 is 2.27 bits per heavy atom. The van der Waals surface area contributed by atoms with E-state index in [1.165, 1.54) is 0 Å². The van der Waals surface area contributed by atoms with E-state index in [0.29, 0.717) is 0 Å². The number of tetrazole rings is 1. The van der Waals surface area contributed by atoms with Crippen LogP contribution in [0.4, 0.5) is 5.95 Å². The summed E-state index contributed by atoms with van der Waals surface area (Å²) in [6, 6.07) is 3.41. The summed E-state index contributed by atoms with van der Waals surface area (Å²) >= 11 is 0. The van der Waals surface area contributed by atoms with Crippen LogP contribution in [0.1, 0.15) is 13.0 Å². The zero-order valence-corrected chi connectivity index (χ0v) is 8.08. The highest BCUT2D eigenvalue weighted by Crippen LogP contribution is 2.07. The zero-order chi connectivity index (χ0) is 10.7. The maximum atomic E-state index is 11.7. The number of nitrogens with one attached hydrogen (secondary N) is 2. The number of amides is 1. The molecule has 2 aromatic rings. The summed E-state index contributed by atoms with van der Waals surface area (Å²) < 4.78 is 1.79. The third kappa shape index (κ3) is 2.01.